The molecule has 0 aliphatic carbocycles. The van der Waals surface area contributed by atoms with Gasteiger partial charge in [0.2, 0.25) is 0 Å². The minimum Gasteiger partial charge on any atom is -0.508 e. The predicted octanol–water partition coefficient (Wildman–Crippen LogP) is 0.0404. The molecule has 0 bridgehead atoms. The molecule has 0 unspecified atom stereocenters. The normalized spacial score (nSPS) is 12.3. The van der Waals surface area contributed by atoms with Gasteiger partial charge in [0.05, 0.1) is 0 Å². The quantitative estimate of drug-likeness (QED) is 0.266. The number of hydrogen-bond donors (Lipinski definition) is 8. The monoisotopic (exact) mass is 460 g/mol. The molecule has 0 saturated carbocycles. The number of carboxylic acids is 2. The van der Waals surface area contributed by atoms with Crippen LogP contribution in [0.3, 0.4) is 0 Å². The first-order chi connectivity index (χ1) is 14.2. The lowest BCUT2D eigenvalue weighted by atomic mass is 10.1. The van der Waals surface area contributed by atoms with Gasteiger partial charge in [-0.25, -0.2) is 0 Å². The maximum absolute atomic E-state index is 10.4. The second-order valence-corrected chi connectivity index (χ2v) is 6.97. The summed E-state index contributed by atoms with van der Waals surface area (Å²) in [5.74, 6) is -1.72. The third-order valence-corrected chi connectivity index (χ3v) is 3.42. The van der Waals surface area contributed by atoms with E-state index in [4.69, 9.17) is 49.4 Å². The minimum absolute atomic E-state index is 0.160. The molecule has 31 heavy (non-hydrogen) atoms. The Bertz CT molecular complexity index is 859. The van der Waals surface area contributed by atoms with Crippen LogP contribution in [-0.2, 0) is 32.8 Å². The van der Waals surface area contributed by atoms with Crippen LogP contribution in [0.15, 0.2) is 48.5 Å². The molecule has 0 spiro atoms. The summed E-state index contributed by atoms with van der Waals surface area (Å²) in [6, 6.07) is 10.8. The van der Waals surface area contributed by atoms with Crippen LogP contribution in [0.25, 0.3) is 0 Å². The molecule has 172 valence electrons. The molecule has 0 fully saturated rings. The summed E-state index contributed by atoms with van der Waals surface area (Å²) >= 11 is 0. The van der Waals surface area contributed by atoms with Gasteiger partial charge in [-0.1, -0.05) is 24.3 Å². The Balaban J connectivity index is 0.000000479. The number of benzene rings is 2. The highest BCUT2D eigenvalue weighted by atomic mass is 32.3. The molecule has 0 heterocycles. The molecule has 0 aliphatic rings. The van der Waals surface area contributed by atoms with Crippen LogP contribution >= 0.6 is 0 Å². The molecule has 0 aliphatic heterocycles. The number of hydrogen-bond acceptors (Lipinski definition) is 8. The van der Waals surface area contributed by atoms with Gasteiger partial charge in [-0.3, -0.25) is 18.7 Å². The maximum Gasteiger partial charge on any atom is 0.394 e. The molecule has 0 aromatic heterocycles. The first-order valence-corrected chi connectivity index (χ1v) is 9.81. The van der Waals surface area contributed by atoms with Gasteiger partial charge in [0.15, 0.2) is 0 Å². The highest BCUT2D eigenvalue weighted by Crippen LogP contribution is 2.11. The van der Waals surface area contributed by atoms with E-state index in [0.29, 0.717) is 0 Å². The average Bonchev–Trinajstić information content (AvgIpc) is 2.64. The van der Waals surface area contributed by atoms with E-state index in [1.165, 1.54) is 24.3 Å². The Morgan fingerprint density at radius 1 is 0.710 bits per heavy atom. The number of aliphatic carboxylic acids is 2. The standard InChI is InChI=1S/2C9H11NO3.H2O4S/c2*10-8(9(12)13)5-6-1-3-7(11)4-2-6;1-5(2,3)4/h2*1-4,8,11H,5,10H2,(H,12,13);(H2,1,2,3,4)/t2*8-;/m00./s1. The van der Waals surface area contributed by atoms with Crippen molar-refractivity contribution in [3.05, 3.63) is 59.7 Å². The third-order valence-electron chi connectivity index (χ3n) is 3.42. The summed E-state index contributed by atoms with van der Waals surface area (Å²) in [6.07, 6.45) is 0.547. The van der Waals surface area contributed by atoms with Crippen molar-refractivity contribution in [3.63, 3.8) is 0 Å². The van der Waals surface area contributed by atoms with Gasteiger partial charge in [-0.2, -0.15) is 8.42 Å². The summed E-state index contributed by atoms with van der Waals surface area (Å²) in [7, 11) is -4.67. The summed E-state index contributed by atoms with van der Waals surface area (Å²) in [5.41, 5.74) is 12.2. The number of carbonyl (C=O) groups is 2. The van der Waals surface area contributed by atoms with E-state index >= 15 is 0 Å². The number of rotatable bonds is 6. The molecule has 10 N–H and O–H groups in total. The van der Waals surface area contributed by atoms with Crippen molar-refractivity contribution in [2.24, 2.45) is 11.5 Å². The molecule has 12 nitrogen and oxygen atoms in total. The highest BCUT2D eigenvalue weighted by Gasteiger charge is 2.12. The van der Waals surface area contributed by atoms with Crippen molar-refractivity contribution in [2.75, 3.05) is 0 Å². The second kappa shape index (κ2) is 13.1. The van der Waals surface area contributed by atoms with Crippen molar-refractivity contribution in [1.29, 1.82) is 0 Å². The Kier molecular flexibility index (Phi) is 11.8. The summed E-state index contributed by atoms with van der Waals surface area (Å²) in [6.45, 7) is 0. The van der Waals surface area contributed by atoms with E-state index in [-0.39, 0.29) is 24.3 Å². The number of phenolic OH excluding ortho intramolecular Hbond substituents is 2. The van der Waals surface area contributed by atoms with E-state index in [1.54, 1.807) is 24.3 Å². The average molecular weight is 460 g/mol. The van der Waals surface area contributed by atoms with Crippen molar-refractivity contribution in [1.82, 2.24) is 0 Å². The van der Waals surface area contributed by atoms with E-state index in [1.807, 2.05) is 0 Å². The molecule has 2 aromatic carbocycles. The van der Waals surface area contributed by atoms with Crippen molar-refractivity contribution >= 4 is 22.3 Å². The fourth-order valence-corrected chi connectivity index (χ4v) is 1.95. The van der Waals surface area contributed by atoms with Crippen molar-refractivity contribution in [3.8, 4) is 11.5 Å². The van der Waals surface area contributed by atoms with E-state index < -0.39 is 34.4 Å². The lowest BCUT2D eigenvalue weighted by Gasteiger charge is -2.05. The van der Waals surface area contributed by atoms with Gasteiger partial charge in [0, 0.05) is 0 Å². The summed E-state index contributed by atoms with van der Waals surface area (Å²) < 4.78 is 31.6. The number of nitrogens with two attached hydrogens (primary N) is 2. The number of carboxylic acid groups (broad SMARTS) is 2. The first-order valence-electron chi connectivity index (χ1n) is 8.41. The van der Waals surface area contributed by atoms with Crippen molar-refractivity contribution < 1.29 is 47.5 Å². The van der Waals surface area contributed by atoms with E-state index in [9.17, 15) is 9.59 Å². The van der Waals surface area contributed by atoms with Crippen LogP contribution < -0.4 is 11.5 Å². The van der Waals surface area contributed by atoms with Crippen LogP contribution in [0.5, 0.6) is 11.5 Å². The molecular formula is C18H24N2O10S. The third kappa shape index (κ3) is 15.3. The van der Waals surface area contributed by atoms with Crippen LogP contribution in [0.2, 0.25) is 0 Å². The van der Waals surface area contributed by atoms with Crippen molar-refractivity contribution in [2.45, 2.75) is 24.9 Å². The molecule has 0 amide bonds. The van der Waals surface area contributed by atoms with Gasteiger partial charge in [-0.15, -0.1) is 0 Å². The summed E-state index contributed by atoms with van der Waals surface area (Å²) in [5, 5.41) is 35.0. The van der Waals surface area contributed by atoms with Crippen LogP contribution in [0.1, 0.15) is 11.1 Å². The number of phenols is 2. The first kappa shape index (κ1) is 27.8. The highest BCUT2D eigenvalue weighted by molar-refractivity contribution is 7.79. The molecule has 0 saturated heterocycles. The lowest BCUT2D eigenvalue weighted by Crippen LogP contribution is -2.32. The fraction of sp³-hybridized carbons (Fsp3) is 0.222. The topological polar surface area (TPSA) is 242 Å². The zero-order valence-corrected chi connectivity index (χ0v) is 16.9. The molecule has 2 rings (SSSR count). The Labute approximate surface area is 178 Å². The summed E-state index contributed by atoms with van der Waals surface area (Å²) in [4.78, 5) is 20.8. The zero-order chi connectivity index (χ0) is 24.2. The smallest absolute Gasteiger partial charge is 0.394 e. The Morgan fingerprint density at radius 2 is 0.935 bits per heavy atom. The van der Waals surface area contributed by atoms with E-state index in [0.717, 1.165) is 11.1 Å². The van der Waals surface area contributed by atoms with Gasteiger partial charge >= 0.3 is 22.3 Å². The molecule has 2 aromatic rings. The zero-order valence-electron chi connectivity index (χ0n) is 16.1. The molecule has 13 heteroatoms. The second-order valence-electron chi connectivity index (χ2n) is 6.08. The molecule has 0 radical (unpaired) electrons. The minimum atomic E-state index is -4.67. The largest absolute Gasteiger partial charge is 0.508 e. The van der Waals surface area contributed by atoms with Crippen LogP contribution in [0.4, 0.5) is 0 Å². The SMILES string of the molecule is N[C@@H](Cc1ccc(O)cc1)C(=O)O.N[C@@H](Cc1ccc(O)cc1)C(=O)O.O=S(=O)(O)O. The predicted molar refractivity (Wildman–Crippen MR) is 109 cm³/mol. The van der Waals surface area contributed by atoms with Gasteiger partial charge in [0.1, 0.15) is 23.6 Å². The molecule has 2 atom stereocenters. The van der Waals surface area contributed by atoms with E-state index in [2.05, 4.69) is 0 Å². The lowest BCUT2D eigenvalue weighted by molar-refractivity contribution is -0.139. The number of aromatic hydroxyl groups is 2. The van der Waals surface area contributed by atoms with Gasteiger partial charge in [-0.05, 0) is 48.2 Å². The molecular weight excluding hydrogens is 436 g/mol. The van der Waals surface area contributed by atoms with Gasteiger partial charge < -0.3 is 31.9 Å². The Morgan fingerprint density at radius 3 is 1.13 bits per heavy atom. The Hall–Kier alpha value is -3.23. The van der Waals surface area contributed by atoms with Gasteiger partial charge in [0.25, 0.3) is 0 Å². The van der Waals surface area contributed by atoms with Crippen LogP contribution in [-0.4, -0.2) is 62.0 Å². The van der Waals surface area contributed by atoms with Crippen LogP contribution in [0, 0.1) is 0 Å². The fourth-order valence-electron chi connectivity index (χ4n) is 1.95. The maximum atomic E-state index is 10.4.